The van der Waals surface area contributed by atoms with Crippen LogP contribution in [0.1, 0.15) is 50.7 Å². The molecule has 0 spiro atoms. The van der Waals surface area contributed by atoms with E-state index >= 15 is 0 Å². The summed E-state index contributed by atoms with van der Waals surface area (Å²) in [4.78, 5) is 7.49. The number of unbranched alkanes of at least 4 members (excludes halogenated alkanes) is 1. The van der Waals surface area contributed by atoms with Gasteiger partial charge in [0, 0.05) is 11.9 Å². The first-order valence-corrected chi connectivity index (χ1v) is 5.07. The molecule has 1 atom stereocenters. The Morgan fingerprint density at radius 1 is 1.54 bits per heavy atom. The highest BCUT2D eigenvalue weighted by atomic mass is 15.0. The van der Waals surface area contributed by atoms with Crippen molar-refractivity contribution in [1.29, 1.82) is 0 Å². The van der Waals surface area contributed by atoms with E-state index in [9.17, 15) is 0 Å². The van der Waals surface area contributed by atoms with E-state index in [-0.39, 0.29) is 6.04 Å². The molecule has 1 heterocycles. The number of nitrogens with zero attached hydrogens (tertiary/aromatic N) is 1. The highest BCUT2D eigenvalue weighted by Gasteiger charge is 2.08. The van der Waals surface area contributed by atoms with Gasteiger partial charge >= 0.3 is 0 Å². The van der Waals surface area contributed by atoms with Gasteiger partial charge in [0.1, 0.15) is 5.82 Å². The minimum absolute atomic E-state index is 0.0836. The van der Waals surface area contributed by atoms with Crippen molar-refractivity contribution in [2.24, 2.45) is 5.73 Å². The number of nitrogens with one attached hydrogen (secondary N) is 1. The smallest absolute Gasteiger partial charge is 0.123 e. The van der Waals surface area contributed by atoms with Gasteiger partial charge in [-0.3, -0.25) is 0 Å². The third kappa shape index (κ3) is 2.84. The topological polar surface area (TPSA) is 54.7 Å². The lowest BCUT2D eigenvalue weighted by molar-refractivity contribution is 0.579. The van der Waals surface area contributed by atoms with Gasteiger partial charge in [0.25, 0.3) is 0 Å². The van der Waals surface area contributed by atoms with Crippen LogP contribution in [0, 0.1) is 0 Å². The van der Waals surface area contributed by atoms with Crippen LogP contribution in [0.15, 0.2) is 6.20 Å². The number of imidazole rings is 1. The molecule has 0 amide bonds. The fraction of sp³-hybridized carbons (Fsp3) is 0.700. The van der Waals surface area contributed by atoms with Crippen LogP contribution in [0.4, 0.5) is 0 Å². The monoisotopic (exact) mass is 181 g/mol. The zero-order valence-electron chi connectivity index (χ0n) is 8.51. The van der Waals surface area contributed by atoms with Crippen LogP contribution in [0.3, 0.4) is 0 Å². The van der Waals surface area contributed by atoms with E-state index in [0.717, 1.165) is 18.7 Å². The Morgan fingerprint density at radius 3 is 2.85 bits per heavy atom. The van der Waals surface area contributed by atoms with E-state index in [2.05, 4.69) is 23.8 Å². The molecule has 3 heteroatoms. The van der Waals surface area contributed by atoms with Gasteiger partial charge in [-0.25, -0.2) is 4.98 Å². The van der Waals surface area contributed by atoms with E-state index in [1.165, 1.54) is 18.5 Å². The Bertz CT molecular complexity index is 242. The largest absolute Gasteiger partial charge is 0.345 e. The molecule has 0 saturated carbocycles. The molecule has 13 heavy (non-hydrogen) atoms. The summed E-state index contributed by atoms with van der Waals surface area (Å²) in [6.45, 7) is 4.28. The Hall–Kier alpha value is -0.830. The highest BCUT2D eigenvalue weighted by molar-refractivity contribution is 5.03. The first-order chi connectivity index (χ1) is 6.27. The van der Waals surface area contributed by atoms with Gasteiger partial charge in [-0.2, -0.15) is 0 Å². The molecule has 0 saturated heterocycles. The Kier molecular flexibility index (Phi) is 3.96. The molecule has 1 aromatic rings. The fourth-order valence-electron chi connectivity index (χ4n) is 1.31. The predicted octanol–water partition coefficient (Wildman–Crippen LogP) is 2.16. The maximum atomic E-state index is 5.96. The maximum absolute atomic E-state index is 5.96. The summed E-state index contributed by atoms with van der Waals surface area (Å²) in [6, 6.07) is 0.0836. The number of H-pyrrole nitrogens is 1. The molecule has 1 aromatic heterocycles. The van der Waals surface area contributed by atoms with E-state index in [1.54, 1.807) is 0 Å². The zero-order valence-corrected chi connectivity index (χ0v) is 8.51. The maximum Gasteiger partial charge on any atom is 0.123 e. The van der Waals surface area contributed by atoms with Crippen LogP contribution < -0.4 is 5.73 Å². The molecular weight excluding hydrogens is 162 g/mol. The van der Waals surface area contributed by atoms with Gasteiger partial charge in [0.15, 0.2) is 0 Å². The van der Waals surface area contributed by atoms with Crippen molar-refractivity contribution in [3.8, 4) is 0 Å². The second-order valence-corrected chi connectivity index (χ2v) is 3.40. The minimum atomic E-state index is 0.0836. The van der Waals surface area contributed by atoms with Gasteiger partial charge in [-0.1, -0.05) is 26.7 Å². The predicted molar refractivity (Wildman–Crippen MR) is 54.4 cm³/mol. The summed E-state index contributed by atoms with van der Waals surface area (Å²) in [5, 5.41) is 0. The molecular formula is C10H19N3. The standard InChI is InChI=1S/C10H19N3/c1-3-5-6-9(11)10-12-7-8(4-2)13-10/h7,9H,3-6,11H2,1-2H3,(H,12,13). The molecule has 0 aliphatic rings. The fourth-order valence-corrected chi connectivity index (χ4v) is 1.31. The lowest BCUT2D eigenvalue weighted by atomic mass is 10.1. The normalized spacial score (nSPS) is 13.2. The van der Waals surface area contributed by atoms with Crippen LogP contribution >= 0.6 is 0 Å². The van der Waals surface area contributed by atoms with Gasteiger partial charge in [0.05, 0.1) is 6.04 Å². The highest BCUT2D eigenvalue weighted by Crippen LogP contribution is 2.13. The van der Waals surface area contributed by atoms with Gasteiger partial charge in [-0.15, -0.1) is 0 Å². The van der Waals surface area contributed by atoms with Crippen molar-refractivity contribution in [2.75, 3.05) is 0 Å². The number of aryl methyl sites for hydroxylation is 1. The van der Waals surface area contributed by atoms with Crippen molar-refractivity contribution < 1.29 is 0 Å². The molecule has 0 bridgehead atoms. The van der Waals surface area contributed by atoms with E-state index in [1.807, 2.05) is 6.20 Å². The average Bonchev–Trinajstić information content (AvgIpc) is 2.62. The van der Waals surface area contributed by atoms with Crippen LogP contribution in [0.2, 0.25) is 0 Å². The Balaban J connectivity index is 2.50. The van der Waals surface area contributed by atoms with E-state index < -0.39 is 0 Å². The molecule has 0 aromatic carbocycles. The van der Waals surface area contributed by atoms with Crippen LogP contribution in [0.25, 0.3) is 0 Å². The number of aromatic nitrogens is 2. The zero-order chi connectivity index (χ0) is 9.68. The molecule has 0 fully saturated rings. The number of hydrogen-bond acceptors (Lipinski definition) is 2. The summed E-state index contributed by atoms with van der Waals surface area (Å²) >= 11 is 0. The second kappa shape index (κ2) is 5.02. The summed E-state index contributed by atoms with van der Waals surface area (Å²) < 4.78 is 0. The number of nitrogens with two attached hydrogens (primary N) is 1. The van der Waals surface area contributed by atoms with Gasteiger partial charge in [-0.05, 0) is 12.8 Å². The quantitative estimate of drug-likeness (QED) is 0.731. The molecule has 3 N–H and O–H groups in total. The second-order valence-electron chi connectivity index (χ2n) is 3.40. The molecule has 0 aliphatic heterocycles. The van der Waals surface area contributed by atoms with E-state index in [0.29, 0.717) is 0 Å². The molecule has 1 unspecified atom stereocenters. The van der Waals surface area contributed by atoms with Crippen LogP contribution in [-0.2, 0) is 6.42 Å². The SMILES string of the molecule is CCCCC(N)c1ncc(CC)[nH]1. The molecule has 74 valence electrons. The van der Waals surface area contributed by atoms with Crippen molar-refractivity contribution in [2.45, 2.75) is 45.6 Å². The molecule has 0 radical (unpaired) electrons. The van der Waals surface area contributed by atoms with Crippen LogP contribution in [0.5, 0.6) is 0 Å². The summed E-state index contributed by atoms with van der Waals surface area (Å²) in [5.74, 6) is 0.935. The summed E-state index contributed by atoms with van der Waals surface area (Å²) in [7, 11) is 0. The summed E-state index contributed by atoms with van der Waals surface area (Å²) in [5.41, 5.74) is 7.12. The Labute approximate surface area is 79.8 Å². The van der Waals surface area contributed by atoms with Crippen molar-refractivity contribution in [3.63, 3.8) is 0 Å². The lowest BCUT2D eigenvalue weighted by Crippen LogP contribution is -2.11. The van der Waals surface area contributed by atoms with Crippen molar-refractivity contribution >= 4 is 0 Å². The number of rotatable bonds is 5. The van der Waals surface area contributed by atoms with Gasteiger partial charge in [0.2, 0.25) is 0 Å². The molecule has 3 nitrogen and oxygen atoms in total. The van der Waals surface area contributed by atoms with E-state index in [4.69, 9.17) is 5.73 Å². The molecule has 1 rings (SSSR count). The third-order valence-electron chi connectivity index (χ3n) is 2.25. The first kappa shape index (κ1) is 10.3. The lowest BCUT2D eigenvalue weighted by Gasteiger charge is -2.06. The number of hydrogen-bond donors (Lipinski definition) is 2. The molecule has 0 aliphatic carbocycles. The average molecular weight is 181 g/mol. The Morgan fingerprint density at radius 2 is 2.31 bits per heavy atom. The van der Waals surface area contributed by atoms with Crippen molar-refractivity contribution in [3.05, 3.63) is 17.7 Å². The minimum Gasteiger partial charge on any atom is -0.345 e. The van der Waals surface area contributed by atoms with Crippen LogP contribution in [-0.4, -0.2) is 9.97 Å². The van der Waals surface area contributed by atoms with Crippen molar-refractivity contribution in [1.82, 2.24) is 9.97 Å². The number of aromatic amines is 1. The summed E-state index contributed by atoms with van der Waals surface area (Å²) in [6.07, 6.45) is 6.25. The first-order valence-electron chi connectivity index (χ1n) is 5.07. The third-order valence-corrected chi connectivity index (χ3v) is 2.25. The van der Waals surface area contributed by atoms with Gasteiger partial charge < -0.3 is 10.7 Å².